The average Bonchev–Trinajstić information content (AvgIpc) is 2.10. The topological polar surface area (TPSA) is 86.6 Å². The Morgan fingerprint density at radius 2 is 1.86 bits per heavy atom. The molecule has 0 aliphatic rings. The molecular weight excluding hydrogens is 186 g/mol. The van der Waals surface area contributed by atoms with Crippen LogP contribution in [0.5, 0.6) is 0 Å². The smallest absolute Gasteiger partial charge is 0.303 e. The van der Waals surface area contributed by atoms with Crippen molar-refractivity contribution in [1.29, 1.82) is 0 Å². The maximum Gasteiger partial charge on any atom is 0.303 e. The zero-order valence-electron chi connectivity index (χ0n) is 8.49. The quantitative estimate of drug-likeness (QED) is 0.566. The van der Waals surface area contributed by atoms with Gasteiger partial charge in [0.25, 0.3) is 0 Å². The third-order valence-electron chi connectivity index (χ3n) is 1.91. The fourth-order valence-electron chi connectivity index (χ4n) is 0.923. The van der Waals surface area contributed by atoms with E-state index < -0.39 is 5.97 Å². The fourth-order valence-corrected chi connectivity index (χ4v) is 0.923. The number of carbonyl (C=O) groups excluding carboxylic acids is 1. The molecule has 0 heterocycles. The van der Waals surface area contributed by atoms with E-state index in [1.807, 2.05) is 13.8 Å². The van der Waals surface area contributed by atoms with E-state index in [9.17, 15) is 9.59 Å². The predicted octanol–water partition coefficient (Wildman–Crippen LogP) is -0.0157. The van der Waals surface area contributed by atoms with Crippen LogP contribution in [0.4, 0.5) is 0 Å². The van der Waals surface area contributed by atoms with Crippen molar-refractivity contribution < 1.29 is 19.8 Å². The molecule has 3 N–H and O–H groups in total. The van der Waals surface area contributed by atoms with Crippen LogP contribution in [0.3, 0.4) is 0 Å². The van der Waals surface area contributed by atoms with Crippen molar-refractivity contribution in [2.75, 3.05) is 6.61 Å². The molecule has 0 aromatic rings. The van der Waals surface area contributed by atoms with Crippen LogP contribution in [-0.4, -0.2) is 34.7 Å². The minimum absolute atomic E-state index is 0.0431. The minimum Gasteiger partial charge on any atom is -0.481 e. The lowest BCUT2D eigenvalue weighted by atomic mass is 10.1. The van der Waals surface area contributed by atoms with Crippen molar-refractivity contribution in [1.82, 2.24) is 5.32 Å². The van der Waals surface area contributed by atoms with Gasteiger partial charge >= 0.3 is 5.97 Å². The van der Waals surface area contributed by atoms with Crippen molar-refractivity contribution >= 4 is 11.9 Å². The second-order valence-electron chi connectivity index (χ2n) is 3.49. The van der Waals surface area contributed by atoms with Crippen molar-refractivity contribution in [3.05, 3.63) is 0 Å². The summed E-state index contributed by atoms with van der Waals surface area (Å²) in [5.74, 6) is -1.20. The Morgan fingerprint density at radius 1 is 1.29 bits per heavy atom. The molecule has 82 valence electrons. The predicted molar refractivity (Wildman–Crippen MR) is 50.7 cm³/mol. The number of carboxylic acids is 1. The number of hydrogen-bond donors (Lipinski definition) is 3. The van der Waals surface area contributed by atoms with Crippen molar-refractivity contribution in [3.8, 4) is 0 Å². The summed E-state index contributed by atoms with van der Waals surface area (Å²) >= 11 is 0. The summed E-state index contributed by atoms with van der Waals surface area (Å²) in [6, 6.07) is -0.295. The van der Waals surface area contributed by atoms with E-state index in [1.54, 1.807) is 0 Å². The summed E-state index contributed by atoms with van der Waals surface area (Å²) < 4.78 is 0. The third kappa shape index (κ3) is 5.53. The molecule has 1 atom stereocenters. The van der Waals surface area contributed by atoms with E-state index in [0.29, 0.717) is 0 Å². The summed E-state index contributed by atoms with van der Waals surface area (Å²) in [7, 11) is 0. The van der Waals surface area contributed by atoms with Crippen molar-refractivity contribution in [2.45, 2.75) is 32.7 Å². The third-order valence-corrected chi connectivity index (χ3v) is 1.91. The molecule has 0 fully saturated rings. The lowest BCUT2D eigenvalue weighted by molar-refractivity contribution is -0.139. The van der Waals surface area contributed by atoms with Crippen LogP contribution < -0.4 is 5.32 Å². The van der Waals surface area contributed by atoms with Crippen LogP contribution in [0.1, 0.15) is 26.7 Å². The number of aliphatic hydroxyl groups is 1. The lowest BCUT2D eigenvalue weighted by Crippen LogP contribution is -2.41. The van der Waals surface area contributed by atoms with E-state index in [1.165, 1.54) is 0 Å². The normalized spacial score (nSPS) is 12.6. The number of nitrogens with one attached hydrogen (secondary N) is 1. The molecule has 5 nitrogen and oxygen atoms in total. The molecule has 0 radical (unpaired) electrons. The monoisotopic (exact) mass is 203 g/mol. The number of amides is 1. The Hall–Kier alpha value is -1.10. The Morgan fingerprint density at radius 3 is 2.21 bits per heavy atom. The highest BCUT2D eigenvalue weighted by Crippen LogP contribution is 2.01. The molecule has 0 saturated carbocycles. The van der Waals surface area contributed by atoms with Gasteiger partial charge < -0.3 is 15.5 Å². The number of rotatable bonds is 6. The number of hydrogen-bond acceptors (Lipinski definition) is 3. The Kier molecular flexibility index (Phi) is 5.87. The Balaban J connectivity index is 3.85. The van der Waals surface area contributed by atoms with Gasteiger partial charge in [0.15, 0.2) is 0 Å². The van der Waals surface area contributed by atoms with Crippen LogP contribution in [0, 0.1) is 5.92 Å². The first-order valence-electron chi connectivity index (χ1n) is 4.59. The van der Waals surface area contributed by atoms with Crippen molar-refractivity contribution in [2.24, 2.45) is 5.92 Å². The molecule has 1 unspecified atom stereocenters. The summed E-state index contributed by atoms with van der Waals surface area (Å²) in [4.78, 5) is 21.3. The first-order valence-corrected chi connectivity index (χ1v) is 4.59. The van der Waals surface area contributed by atoms with Crippen LogP contribution >= 0.6 is 0 Å². The zero-order chi connectivity index (χ0) is 11.1. The van der Waals surface area contributed by atoms with Crippen LogP contribution in [0.2, 0.25) is 0 Å². The van der Waals surface area contributed by atoms with Gasteiger partial charge in [0.1, 0.15) is 0 Å². The Labute approximate surface area is 83.1 Å². The summed E-state index contributed by atoms with van der Waals surface area (Å²) in [6.07, 6.45) is -0.222. The highest BCUT2D eigenvalue weighted by Gasteiger charge is 2.15. The van der Waals surface area contributed by atoms with Gasteiger partial charge in [-0.1, -0.05) is 13.8 Å². The first-order chi connectivity index (χ1) is 6.47. The summed E-state index contributed by atoms with van der Waals surface area (Å²) in [6.45, 7) is 3.62. The van der Waals surface area contributed by atoms with Crippen LogP contribution in [0.25, 0.3) is 0 Å². The molecule has 14 heavy (non-hydrogen) atoms. The minimum atomic E-state index is -0.995. The van der Waals surface area contributed by atoms with Gasteiger partial charge in [-0.3, -0.25) is 9.59 Å². The van der Waals surface area contributed by atoms with Gasteiger partial charge in [0.05, 0.1) is 19.1 Å². The van der Waals surface area contributed by atoms with E-state index in [2.05, 4.69) is 5.32 Å². The van der Waals surface area contributed by atoms with Crippen molar-refractivity contribution in [3.63, 3.8) is 0 Å². The maximum absolute atomic E-state index is 11.1. The zero-order valence-corrected chi connectivity index (χ0v) is 8.49. The largest absolute Gasteiger partial charge is 0.481 e. The van der Waals surface area contributed by atoms with Gasteiger partial charge in [-0.25, -0.2) is 0 Å². The van der Waals surface area contributed by atoms with E-state index in [4.69, 9.17) is 10.2 Å². The summed E-state index contributed by atoms with van der Waals surface area (Å²) in [5.41, 5.74) is 0. The van der Waals surface area contributed by atoms with Gasteiger partial charge in [-0.2, -0.15) is 0 Å². The maximum atomic E-state index is 11.1. The first kappa shape index (κ1) is 12.9. The van der Waals surface area contributed by atoms with E-state index in [-0.39, 0.29) is 37.3 Å². The molecule has 0 aliphatic heterocycles. The van der Waals surface area contributed by atoms with Gasteiger partial charge in [0, 0.05) is 6.42 Å². The standard InChI is InChI=1S/C9H17NO4/c1-6(2)7(5-11)10-8(12)3-4-9(13)14/h6-7,11H,3-5H2,1-2H3,(H,10,12)(H,13,14). The molecule has 5 heteroatoms. The molecule has 0 spiro atoms. The molecule has 1 amide bonds. The molecular formula is C9H17NO4. The SMILES string of the molecule is CC(C)C(CO)NC(=O)CCC(=O)O. The van der Waals surface area contributed by atoms with E-state index >= 15 is 0 Å². The van der Waals surface area contributed by atoms with Crippen LogP contribution in [-0.2, 0) is 9.59 Å². The molecule has 0 aliphatic carbocycles. The van der Waals surface area contributed by atoms with Gasteiger partial charge in [0.2, 0.25) is 5.91 Å². The molecule has 0 aromatic heterocycles. The Bertz CT molecular complexity index is 203. The van der Waals surface area contributed by atoms with Gasteiger partial charge in [-0.05, 0) is 5.92 Å². The lowest BCUT2D eigenvalue weighted by Gasteiger charge is -2.19. The number of carboxylic acid groups (broad SMARTS) is 1. The number of carbonyl (C=O) groups is 2. The number of aliphatic hydroxyl groups excluding tert-OH is 1. The highest BCUT2D eigenvalue weighted by molar-refractivity contribution is 5.80. The van der Waals surface area contributed by atoms with Crippen LogP contribution in [0.15, 0.2) is 0 Å². The fraction of sp³-hybridized carbons (Fsp3) is 0.778. The van der Waals surface area contributed by atoms with E-state index in [0.717, 1.165) is 0 Å². The highest BCUT2D eigenvalue weighted by atomic mass is 16.4. The van der Waals surface area contributed by atoms with Gasteiger partial charge in [-0.15, -0.1) is 0 Å². The molecule has 0 rings (SSSR count). The summed E-state index contributed by atoms with van der Waals surface area (Å²) in [5, 5.41) is 19.8. The second kappa shape index (κ2) is 6.37. The molecule has 0 bridgehead atoms. The molecule has 0 saturated heterocycles. The molecule has 0 aromatic carbocycles. The second-order valence-corrected chi connectivity index (χ2v) is 3.49. The average molecular weight is 203 g/mol. The number of aliphatic carboxylic acids is 1.